The summed E-state index contributed by atoms with van der Waals surface area (Å²) in [4.78, 5) is 12.6. The number of anilines is 3. The number of aromatic nitrogens is 3. The molecule has 3 aromatic rings. The first-order valence-corrected chi connectivity index (χ1v) is 6.73. The molecular weight excluding hydrogens is 264 g/mol. The minimum atomic E-state index is 0.633. The number of hydrogen-bond donors (Lipinski definition) is 3. The average Bonchev–Trinajstić information content (AvgIpc) is 2.55. The van der Waals surface area contributed by atoms with Gasteiger partial charge in [0.2, 0.25) is 0 Å². The predicted octanol–water partition coefficient (Wildman–Crippen LogP) is 2.62. The standard InChI is InChI=1S/C15H16N6/c1-2-11-14(18-9-19-15(11)21-16)20-13-5-3-4-10-6-7-17-8-12(10)13/h3-9H,2,16H2,1H3,(H2,18,19,20,21). The number of hydrogen-bond acceptors (Lipinski definition) is 6. The molecule has 3 rings (SSSR count). The summed E-state index contributed by atoms with van der Waals surface area (Å²) in [6.07, 6.45) is 5.88. The number of pyridine rings is 1. The van der Waals surface area contributed by atoms with Crippen molar-refractivity contribution in [2.24, 2.45) is 5.84 Å². The molecule has 2 aromatic heterocycles. The summed E-state index contributed by atoms with van der Waals surface area (Å²) < 4.78 is 0. The summed E-state index contributed by atoms with van der Waals surface area (Å²) >= 11 is 0. The molecule has 106 valence electrons. The van der Waals surface area contributed by atoms with Crippen LogP contribution in [0, 0.1) is 0 Å². The zero-order valence-electron chi connectivity index (χ0n) is 11.7. The fourth-order valence-corrected chi connectivity index (χ4v) is 2.33. The summed E-state index contributed by atoms with van der Waals surface area (Å²) in [5.41, 5.74) is 4.51. The highest BCUT2D eigenvalue weighted by molar-refractivity contribution is 5.94. The molecule has 21 heavy (non-hydrogen) atoms. The van der Waals surface area contributed by atoms with E-state index in [1.807, 2.05) is 31.3 Å². The Bertz CT molecular complexity index is 766. The lowest BCUT2D eigenvalue weighted by molar-refractivity contribution is 1.04. The second-order valence-corrected chi connectivity index (χ2v) is 4.57. The lowest BCUT2D eigenvalue weighted by Gasteiger charge is -2.14. The molecule has 1 aromatic carbocycles. The SMILES string of the molecule is CCc1c(NN)ncnc1Nc1cccc2ccncc12. The summed E-state index contributed by atoms with van der Waals surface area (Å²) in [5.74, 6) is 6.88. The van der Waals surface area contributed by atoms with Gasteiger partial charge in [-0.3, -0.25) is 4.98 Å². The highest BCUT2D eigenvalue weighted by Crippen LogP contribution is 2.28. The molecule has 0 spiro atoms. The largest absolute Gasteiger partial charge is 0.339 e. The zero-order chi connectivity index (χ0) is 14.7. The molecule has 2 heterocycles. The Labute approximate surface area is 122 Å². The van der Waals surface area contributed by atoms with Gasteiger partial charge in [-0.2, -0.15) is 0 Å². The molecule has 6 nitrogen and oxygen atoms in total. The van der Waals surface area contributed by atoms with Crippen LogP contribution in [0.4, 0.5) is 17.3 Å². The van der Waals surface area contributed by atoms with Crippen molar-refractivity contribution in [2.75, 3.05) is 10.7 Å². The second kappa shape index (κ2) is 5.72. The predicted molar refractivity (Wildman–Crippen MR) is 84.2 cm³/mol. The third-order valence-corrected chi connectivity index (χ3v) is 3.37. The molecule has 0 atom stereocenters. The first kappa shape index (κ1) is 13.3. The Hall–Kier alpha value is -2.73. The maximum atomic E-state index is 5.50. The monoisotopic (exact) mass is 280 g/mol. The highest BCUT2D eigenvalue weighted by atomic mass is 15.3. The molecule has 0 saturated carbocycles. The van der Waals surface area contributed by atoms with Gasteiger partial charge in [-0.25, -0.2) is 15.8 Å². The topological polar surface area (TPSA) is 88.8 Å². The molecule has 4 N–H and O–H groups in total. The molecule has 0 saturated heterocycles. The van der Waals surface area contributed by atoms with E-state index in [1.165, 1.54) is 6.33 Å². The van der Waals surface area contributed by atoms with Crippen molar-refractivity contribution < 1.29 is 0 Å². The zero-order valence-corrected chi connectivity index (χ0v) is 11.7. The number of nitrogen functional groups attached to an aromatic ring is 1. The summed E-state index contributed by atoms with van der Waals surface area (Å²) in [6.45, 7) is 2.04. The van der Waals surface area contributed by atoms with Crippen molar-refractivity contribution in [1.29, 1.82) is 0 Å². The first-order chi connectivity index (χ1) is 10.3. The van der Waals surface area contributed by atoms with E-state index < -0.39 is 0 Å². The summed E-state index contributed by atoms with van der Waals surface area (Å²) in [7, 11) is 0. The van der Waals surface area contributed by atoms with Gasteiger partial charge in [-0.1, -0.05) is 19.1 Å². The van der Waals surface area contributed by atoms with Crippen LogP contribution in [0.5, 0.6) is 0 Å². The number of rotatable bonds is 4. The van der Waals surface area contributed by atoms with E-state index in [4.69, 9.17) is 5.84 Å². The molecule has 0 amide bonds. The maximum absolute atomic E-state index is 5.50. The van der Waals surface area contributed by atoms with Crippen LogP contribution in [0.2, 0.25) is 0 Å². The van der Waals surface area contributed by atoms with Crippen molar-refractivity contribution >= 4 is 28.1 Å². The Kier molecular flexibility index (Phi) is 3.61. The summed E-state index contributed by atoms with van der Waals surface area (Å²) in [6, 6.07) is 8.03. The van der Waals surface area contributed by atoms with Crippen LogP contribution in [-0.2, 0) is 6.42 Å². The minimum absolute atomic E-state index is 0.633. The van der Waals surface area contributed by atoms with E-state index in [0.29, 0.717) is 5.82 Å². The maximum Gasteiger partial charge on any atom is 0.148 e. The Balaban J connectivity index is 2.07. The van der Waals surface area contributed by atoms with E-state index in [1.54, 1.807) is 6.20 Å². The third kappa shape index (κ3) is 2.48. The molecule has 0 aliphatic heterocycles. The van der Waals surface area contributed by atoms with Crippen LogP contribution < -0.4 is 16.6 Å². The number of hydrazine groups is 1. The van der Waals surface area contributed by atoms with Gasteiger partial charge in [0.05, 0.1) is 0 Å². The minimum Gasteiger partial charge on any atom is -0.339 e. The van der Waals surface area contributed by atoms with E-state index >= 15 is 0 Å². The highest BCUT2D eigenvalue weighted by Gasteiger charge is 2.10. The van der Waals surface area contributed by atoms with Crippen LogP contribution in [0.25, 0.3) is 10.8 Å². The van der Waals surface area contributed by atoms with Crippen molar-refractivity contribution in [3.8, 4) is 0 Å². The van der Waals surface area contributed by atoms with Crippen molar-refractivity contribution in [2.45, 2.75) is 13.3 Å². The lowest BCUT2D eigenvalue weighted by atomic mass is 10.1. The average molecular weight is 280 g/mol. The van der Waals surface area contributed by atoms with E-state index in [2.05, 4.69) is 31.8 Å². The molecule has 0 radical (unpaired) electrons. The van der Waals surface area contributed by atoms with Crippen LogP contribution in [0.1, 0.15) is 12.5 Å². The van der Waals surface area contributed by atoms with Gasteiger partial charge in [-0.15, -0.1) is 0 Å². The van der Waals surface area contributed by atoms with E-state index in [0.717, 1.165) is 34.3 Å². The Morgan fingerprint density at radius 2 is 2.00 bits per heavy atom. The van der Waals surface area contributed by atoms with Gasteiger partial charge < -0.3 is 10.7 Å². The van der Waals surface area contributed by atoms with Crippen LogP contribution >= 0.6 is 0 Å². The number of nitrogens with two attached hydrogens (primary N) is 1. The molecule has 6 heteroatoms. The Morgan fingerprint density at radius 3 is 2.81 bits per heavy atom. The number of nitrogens with zero attached hydrogens (tertiary/aromatic N) is 3. The van der Waals surface area contributed by atoms with E-state index in [-0.39, 0.29) is 0 Å². The van der Waals surface area contributed by atoms with Gasteiger partial charge in [0.25, 0.3) is 0 Å². The second-order valence-electron chi connectivity index (χ2n) is 4.57. The molecule has 0 unspecified atom stereocenters. The van der Waals surface area contributed by atoms with Gasteiger partial charge in [0, 0.05) is 29.0 Å². The van der Waals surface area contributed by atoms with Gasteiger partial charge in [-0.05, 0) is 23.9 Å². The van der Waals surface area contributed by atoms with E-state index in [9.17, 15) is 0 Å². The van der Waals surface area contributed by atoms with Crippen LogP contribution in [0.15, 0.2) is 43.0 Å². The quantitative estimate of drug-likeness (QED) is 0.503. The van der Waals surface area contributed by atoms with Crippen molar-refractivity contribution in [1.82, 2.24) is 15.0 Å². The van der Waals surface area contributed by atoms with Crippen molar-refractivity contribution in [3.05, 3.63) is 48.5 Å². The summed E-state index contributed by atoms with van der Waals surface area (Å²) in [5, 5.41) is 5.52. The third-order valence-electron chi connectivity index (χ3n) is 3.37. The van der Waals surface area contributed by atoms with Gasteiger partial charge >= 0.3 is 0 Å². The normalized spacial score (nSPS) is 10.6. The van der Waals surface area contributed by atoms with Gasteiger partial charge in [0.1, 0.15) is 18.0 Å². The number of nitrogens with one attached hydrogen (secondary N) is 2. The van der Waals surface area contributed by atoms with Gasteiger partial charge in [0.15, 0.2) is 0 Å². The molecular formula is C15H16N6. The van der Waals surface area contributed by atoms with Crippen LogP contribution in [0.3, 0.4) is 0 Å². The molecule has 0 fully saturated rings. The fourth-order valence-electron chi connectivity index (χ4n) is 2.33. The smallest absolute Gasteiger partial charge is 0.148 e. The lowest BCUT2D eigenvalue weighted by Crippen LogP contribution is -2.13. The number of benzene rings is 1. The fraction of sp³-hybridized carbons (Fsp3) is 0.133. The van der Waals surface area contributed by atoms with Crippen molar-refractivity contribution in [3.63, 3.8) is 0 Å². The number of fused-ring (bicyclic) bond motifs is 1. The molecule has 0 aliphatic carbocycles. The molecule has 0 bridgehead atoms. The first-order valence-electron chi connectivity index (χ1n) is 6.73. The Morgan fingerprint density at radius 1 is 1.14 bits per heavy atom. The molecule has 0 aliphatic rings. The van der Waals surface area contributed by atoms with Crippen LogP contribution in [-0.4, -0.2) is 15.0 Å².